The van der Waals surface area contributed by atoms with Crippen LogP contribution in [0.15, 0.2) is 47.7 Å². The molecule has 0 bridgehead atoms. The fourth-order valence-corrected chi connectivity index (χ4v) is 3.97. The van der Waals surface area contributed by atoms with Gasteiger partial charge in [0.1, 0.15) is 34.7 Å². The molecule has 1 aliphatic rings. The van der Waals surface area contributed by atoms with Crippen molar-refractivity contribution in [1.29, 1.82) is 0 Å². The Labute approximate surface area is 209 Å². The molecule has 1 aliphatic heterocycles. The lowest BCUT2D eigenvalue weighted by atomic mass is 10.1. The average molecular weight is 512 g/mol. The summed E-state index contributed by atoms with van der Waals surface area (Å²) in [6, 6.07) is 5.80. The van der Waals surface area contributed by atoms with E-state index in [4.69, 9.17) is 21.1 Å². The Morgan fingerprint density at radius 2 is 1.92 bits per heavy atom. The molecule has 0 N–H and O–H groups in total. The zero-order chi connectivity index (χ0) is 25.4. The number of ether oxygens (including phenoxy) is 2. The molecule has 0 aliphatic carbocycles. The summed E-state index contributed by atoms with van der Waals surface area (Å²) in [5.74, 6) is -0.739. The van der Waals surface area contributed by atoms with Crippen LogP contribution in [0.25, 0.3) is 17.1 Å². The minimum Gasteiger partial charge on any atom is -0.485 e. The number of halogens is 3. The topological polar surface area (TPSA) is 92.0 Å². The van der Waals surface area contributed by atoms with E-state index in [2.05, 4.69) is 19.9 Å². The van der Waals surface area contributed by atoms with Gasteiger partial charge in [-0.15, -0.1) is 0 Å². The quantitative estimate of drug-likeness (QED) is 0.380. The highest BCUT2D eigenvalue weighted by Gasteiger charge is 2.24. The van der Waals surface area contributed by atoms with Crippen molar-refractivity contribution >= 4 is 11.6 Å². The summed E-state index contributed by atoms with van der Waals surface area (Å²) in [6.45, 7) is 4.40. The van der Waals surface area contributed by atoms with Crippen LogP contribution in [-0.4, -0.2) is 37.7 Å². The maximum absolute atomic E-state index is 13.9. The van der Waals surface area contributed by atoms with Crippen LogP contribution in [0.4, 0.5) is 8.78 Å². The highest BCUT2D eigenvalue weighted by Crippen LogP contribution is 2.28. The fraction of sp³-hybridized carbons (Fsp3) is 0.240. The molecule has 0 radical (unpaired) electrons. The molecule has 4 aromatic heterocycles. The minimum absolute atomic E-state index is 0.0658. The Kier molecular flexibility index (Phi) is 6.46. The van der Waals surface area contributed by atoms with Gasteiger partial charge in [-0.25, -0.2) is 18.7 Å². The van der Waals surface area contributed by atoms with Gasteiger partial charge in [-0.3, -0.25) is 19.3 Å². The number of rotatable bonds is 6. The van der Waals surface area contributed by atoms with Gasteiger partial charge in [0.15, 0.2) is 5.82 Å². The van der Waals surface area contributed by atoms with Crippen LogP contribution in [0.1, 0.15) is 28.7 Å². The number of hydrogen-bond acceptors (Lipinski definition) is 7. The molecule has 1 saturated heterocycles. The lowest BCUT2D eigenvalue weighted by Crippen LogP contribution is -2.27. The van der Waals surface area contributed by atoms with Crippen LogP contribution in [-0.2, 0) is 11.3 Å². The second kappa shape index (κ2) is 9.71. The normalized spacial score (nSPS) is 13.5. The third-order valence-corrected chi connectivity index (χ3v) is 6.15. The molecule has 1 fully saturated rings. The van der Waals surface area contributed by atoms with Crippen LogP contribution in [0.3, 0.4) is 0 Å². The van der Waals surface area contributed by atoms with Crippen molar-refractivity contribution in [3.63, 3.8) is 0 Å². The van der Waals surface area contributed by atoms with Crippen molar-refractivity contribution in [3.05, 3.63) is 92.6 Å². The average Bonchev–Trinajstić information content (AvgIpc) is 2.82. The van der Waals surface area contributed by atoms with Crippen molar-refractivity contribution < 1.29 is 18.3 Å². The SMILES string of the molecule is Cc1cnc(-c2ccnc(C3COC3)n2)cc1-n1c(C)cc(OCc2ncc(F)cc2F)c(Cl)c1=O. The summed E-state index contributed by atoms with van der Waals surface area (Å²) in [5.41, 5.74) is 2.42. The molecule has 184 valence electrons. The molecule has 0 unspecified atom stereocenters. The van der Waals surface area contributed by atoms with Crippen LogP contribution in [0.5, 0.6) is 5.75 Å². The first-order valence-electron chi connectivity index (χ1n) is 11.0. The second-order valence-corrected chi connectivity index (χ2v) is 8.74. The van der Waals surface area contributed by atoms with Crippen molar-refractivity contribution in [2.24, 2.45) is 0 Å². The van der Waals surface area contributed by atoms with Gasteiger partial charge in [0, 0.05) is 30.2 Å². The maximum Gasteiger partial charge on any atom is 0.277 e. The molecule has 5 heterocycles. The summed E-state index contributed by atoms with van der Waals surface area (Å²) >= 11 is 6.36. The van der Waals surface area contributed by atoms with Gasteiger partial charge in [-0.2, -0.15) is 0 Å². The van der Waals surface area contributed by atoms with E-state index >= 15 is 0 Å². The van der Waals surface area contributed by atoms with E-state index in [1.54, 1.807) is 37.5 Å². The predicted molar refractivity (Wildman–Crippen MR) is 127 cm³/mol. The van der Waals surface area contributed by atoms with Gasteiger partial charge < -0.3 is 9.47 Å². The molecule has 0 amide bonds. The van der Waals surface area contributed by atoms with E-state index in [1.165, 1.54) is 4.57 Å². The molecular formula is C25H20ClF2N5O3. The Balaban J connectivity index is 1.48. The number of nitrogens with zero attached hydrogens (tertiary/aromatic N) is 5. The molecule has 0 spiro atoms. The van der Waals surface area contributed by atoms with Crippen LogP contribution in [0, 0.1) is 25.5 Å². The highest BCUT2D eigenvalue weighted by atomic mass is 35.5. The standard InChI is InChI=1S/C25H20ClF2N5O3/c1-13-8-30-19(18-3-4-29-24(32-18)15-10-35-11-15)7-21(13)33-14(2)5-22(23(26)25(33)34)36-12-20-17(28)6-16(27)9-31-20/h3-9,15H,10-12H2,1-2H3. The summed E-state index contributed by atoms with van der Waals surface area (Å²) in [6.07, 6.45) is 4.22. The second-order valence-electron chi connectivity index (χ2n) is 8.37. The van der Waals surface area contributed by atoms with E-state index in [0.717, 1.165) is 11.8 Å². The van der Waals surface area contributed by atoms with Gasteiger partial charge in [0.2, 0.25) is 0 Å². The smallest absolute Gasteiger partial charge is 0.277 e. The Hall–Kier alpha value is -3.76. The lowest BCUT2D eigenvalue weighted by molar-refractivity contribution is 0.00489. The van der Waals surface area contributed by atoms with E-state index in [1.807, 2.05) is 6.92 Å². The minimum atomic E-state index is -0.853. The first kappa shape index (κ1) is 24.0. The fourth-order valence-electron chi connectivity index (χ4n) is 3.77. The molecule has 11 heteroatoms. The van der Waals surface area contributed by atoms with Crippen molar-refractivity contribution in [2.75, 3.05) is 13.2 Å². The summed E-state index contributed by atoms with van der Waals surface area (Å²) in [5, 5.41) is -0.185. The maximum atomic E-state index is 13.9. The van der Waals surface area contributed by atoms with Crippen LogP contribution >= 0.6 is 11.6 Å². The predicted octanol–water partition coefficient (Wildman–Crippen LogP) is 4.33. The van der Waals surface area contributed by atoms with Crippen LogP contribution < -0.4 is 10.3 Å². The Morgan fingerprint density at radius 3 is 2.64 bits per heavy atom. The first-order chi connectivity index (χ1) is 17.3. The zero-order valence-electron chi connectivity index (χ0n) is 19.3. The van der Waals surface area contributed by atoms with Crippen molar-refractivity contribution in [3.8, 4) is 22.8 Å². The lowest BCUT2D eigenvalue weighted by Gasteiger charge is -2.24. The van der Waals surface area contributed by atoms with E-state index < -0.39 is 17.2 Å². The molecule has 5 rings (SSSR count). The number of hydrogen-bond donors (Lipinski definition) is 0. The summed E-state index contributed by atoms with van der Waals surface area (Å²) < 4.78 is 39.3. The third kappa shape index (κ3) is 4.57. The molecule has 0 saturated carbocycles. The van der Waals surface area contributed by atoms with Crippen LogP contribution in [0.2, 0.25) is 5.02 Å². The Morgan fingerprint density at radius 1 is 1.11 bits per heavy atom. The highest BCUT2D eigenvalue weighted by molar-refractivity contribution is 6.31. The number of pyridine rings is 3. The van der Waals surface area contributed by atoms with Crippen molar-refractivity contribution in [1.82, 2.24) is 24.5 Å². The monoisotopic (exact) mass is 511 g/mol. The largest absolute Gasteiger partial charge is 0.485 e. The van der Waals surface area contributed by atoms with Gasteiger partial charge in [0.25, 0.3) is 5.56 Å². The van der Waals surface area contributed by atoms with E-state index in [-0.39, 0.29) is 29.0 Å². The molecule has 4 aromatic rings. The van der Waals surface area contributed by atoms with Gasteiger partial charge in [-0.1, -0.05) is 11.6 Å². The van der Waals surface area contributed by atoms with Gasteiger partial charge in [-0.05, 0) is 31.5 Å². The molecule has 8 nitrogen and oxygen atoms in total. The number of aromatic nitrogens is 5. The first-order valence-corrected chi connectivity index (χ1v) is 11.4. The summed E-state index contributed by atoms with van der Waals surface area (Å²) in [7, 11) is 0. The molecule has 0 atom stereocenters. The Bertz CT molecular complexity index is 1520. The van der Waals surface area contributed by atoms with Gasteiger partial charge in [0.05, 0.1) is 42.4 Å². The molecular weight excluding hydrogens is 492 g/mol. The van der Waals surface area contributed by atoms with Gasteiger partial charge >= 0.3 is 0 Å². The number of aryl methyl sites for hydroxylation is 2. The van der Waals surface area contributed by atoms with E-state index in [9.17, 15) is 13.6 Å². The molecule has 0 aromatic carbocycles. The van der Waals surface area contributed by atoms with E-state index in [0.29, 0.717) is 47.9 Å². The summed E-state index contributed by atoms with van der Waals surface area (Å²) in [4.78, 5) is 30.4. The van der Waals surface area contributed by atoms with Crippen molar-refractivity contribution in [2.45, 2.75) is 26.4 Å². The third-order valence-electron chi connectivity index (χ3n) is 5.80. The molecule has 36 heavy (non-hydrogen) atoms. The zero-order valence-corrected chi connectivity index (χ0v) is 20.1.